The van der Waals surface area contributed by atoms with Crippen molar-refractivity contribution >= 4 is 12.6 Å². The van der Waals surface area contributed by atoms with Crippen molar-refractivity contribution in [3.63, 3.8) is 0 Å². The van der Waals surface area contributed by atoms with Gasteiger partial charge in [0, 0.05) is 0 Å². The van der Waals surface area contributed by atoms with Gasteiger partial charge in [0.1, 0.15) is 0 Å². The van der Waals surface area contributed by atoms with Crippen molar-refractivity contribution < 1.29 is 9.31 Å². The van der Waals surface area contributed by atoms with Gasteiger partial charge in [-0.2, -0.15) is 0 Å². The van der Waals surface area contributed by atoms with E-state index in [-0.39, 0.29) is 11.2 Å². The molecule has 3 heteroatoms. The molecule has 4 rings (SSSR count). The van der Waals surface area contributed by atoms with Crippen LogP contribution in [0.15, 0.2) is 48.5 Å². The van der Waals surface area contributed by atoms with E-state index in [1.54, 1.807) is 0 Å². The van der Waals surface area contributed by atoms with E-state index < -0.39 is 7.12 Å². The molecular weight excluding hydrogens is 463 g/mol. The fourth-order valence-electron chi connectivity index (χ4n) is 5.86. The highest BCUT2D eigenvalue weighted by Crippen LogP contribution is 2.41. The Morgan fingerprint density at radius 2 is 0.947 bits per heavy atom. The third-order valence-electron chi connectivity index (χ3n) is 8.92. The first-order valence-electron chi connectivity index (χ1n) is 14.7. The molecule has 0 unspecified atom stereocenters. The fourth-order valence-corrected chi connectivity index (χ4v) is 5.86. The lowest BCUT2D eigenvalue weighted by Crippen LogP contribution is -2.41. The van der Waals surface area contributed by atoms with E-state index in [4.69, 9.17) is 9.31 Å². The van der Waals surface area contributed by atoms with Gasteiger partial charge in [-0.25, -0.2) is 0 Å². The molecule has 0 aromatic heterocycles. The molecule has 0 atom stereocenters. The van der Waals surface area contributed by atoms with Crippen LogP contribution in [-0.2, 0) is 22.2 Å². The molecule has 2 nitrogen and oxygen atoms in total. The number of hydrogen-bond donors (Lipinski definition) is 0. The fraction of sp³-hybridized carbons (Fsp3) is 0.486. The summed E-state index contributed by atoms with van der Waals surface area (Å²) in [4.78, 5) is 0. The Bertz CT molecular complexity index is 1160. The smallest absolute Gasteiger partial charge is 0.399 e. The monoisotopic (exact) mass is 510 g/mol. The number of benzene rings is 3. The van der Waals surface area contributed by atoms with Gasteiger partial charge in [0.15, 0.2) is 0 Å². The van der Waals surface area contributed by atoms with Crippen molar-refractivity contribution in [1.82, 2.24) is 0 Å². The van der Waals surface area contributed by atoms with Crippen LogP contribution in [0.4, 0.5) is 0 Å². The van der Waals surface area contributed by atoms with Gasteiger partial charge in [-0.15, -0.1) is 0 Å². The van der Waals surface area contributed by atoms with E-state index in [1.807, 2.05) is 0 Å². The lowest BCUT2D eigenvalue weighted by Gasteiger charge is -2.32. The average molecular weight is 511 g/mol. The molecule has 1 saturated heterocycles. The second kappa shape index (κ2) is 11.4. The van der Waals surface area contributed by atoms with E-state index in [1.165, 1.54) is 81.2 Å². The van der Waals surface area contributed by atoms with Gasteiger partial charge in [-0.1, -0.05) is 75.2 Å². The largest absolute Gasteiger partial charge is 0.495 e. The highest BCUT2D eigenvalue weighted by atomic mass is 16.7. The summed E-state index contributed by atoms with van der Waals surface area (Å²) in [5.41, 5.74) is 12.2. The van der Waals surface area contributed by atoms with Gasteiger partial charge in [0.2, 0.25) is 0 Å². The summed E-state index contributed by atoms with van der Waals surface area (Å²) >= 11 is 0. The van der Waals surface area contributed by atoms with Crippen LogP contribution in [0.3, 0.4) is 0 Å². The van der Waals surface area contributed by atoms with Crippen LogP contribution in [-0.4, -0.2) is 18.3 Å². The zero-order chi connectivity index (χ0) is 27.7. The number of hydrogen-bond acceptors (Lipinski definition) is 2. The SMILES string of the molecule is CCCCc1ccc(-c2c(C)c(B3OC(C)(C)C(C)(C)O3)c(C)c(-c3ccc(CCCC)cc3)c2C)cc1. The first kappa shape index (κ1) is 28.6. The second-order valence-electron chi connectivity index (χ2n) is 12.2. The van der Waals surface area contributed by atoms with Crippen LogP contribution >= 0.6 is 0 Å². The molecule has 0 amide bonds. The molecule has 1 aliphatic rings. The van der Waals surface area contributed by atoms with Gasteiger partial charge in [-0.3, -0.25) is 0 Å². The number of rotatable bonds is 9. The van der Waals surface area contributed by atoms with Crippen LogP contribution in [0.5, 0.6) is 0 Å². The molecule has 0 spiro atoms. The minimum atomic E-state index is -0.397. The zero-order valence-electron chi connectivity index (χ0n) is 25.3. The lowest BCUT2D eigenvalue weighted by molar-refractivity contribution is 0.00578. The summed E-state index contributed by atoms with van der Waals surface area (Å²) in [5, 5.41) is 0. The molecule has 202 valence electrons. The van der Waals surface area contributed by atoms with Crippen molar-refractivity contribution in [2.45, 2.75) is 112 Å². The second-order valence-corrected chi connectivity index (χ2v) is 12.2. The van der Waals surface area contributed by atoms with Gasteiger partial charge in [0.05, 0.1) is 11.2 Å². The minimum absolute atomic E-state index is 0.385. The maximum atomic E-state index is 6.64. The predicted molar refractivity (Wildman–Crippen MR) is 164 cm³/mol. The number of unbranched alkanes of at least 4 members (excludes halogenated alkanes) is 2. The first-order valence-corrected chi connectivity index (χ1v) is 14.7. The molecular formula is C35H47BO2. The molecule has 1 aliphatic heterocycles. The van der Waals surface area contributed by atoms with Gasteiger partial charge in [-0.05, 0) is 130 Å². The van der Waals surface area contributed by atoms with Crippen LogP contribution in [0.2, 0.25) is 0 Å². The summed E-state index contributed by atoms with van der Waals surface area (Å²) in [5.74, 6) is 0. The van der Waals surface area contributed by atoms with Crippen LogP contribution < -0.4 is 5.46 Å². The maximum absolute atomic E-state index is 6.64. The Morgan fingerprint density at radius 1 is 0.579 bits per heavy atom. The first-order chi connectivity index (χ1) is 18.0. The molecule has 1 fully saturated rings. The third kappa shape index (κ3) is 5.51. The standard InChI is InChI=1S/C35H47BO2/c1-10-12-14-27-16-20-29(21-17-27)31-24(3)32(30-22-18-28(19-23-30)15-13-11-2)26(5)33(25(31)4)36-37-34(6,7)35(8,9)38-36/h16-23H,10-15H2,1-9H3. The molecule has 0 N–H and O–H groups in total. The molecule has 38 heavy (non-hydrogen) atoms. The lowest BCUT2D eigenvalue weighted by atomic mass is 9.68. The molecule has 0 radical (unpaired) electrons. The van der Waals surface area contributed by atoms with E-state index in [2.05, 4.69) is 111 Å². The van der Waals surface area contributed by atoms with Gasteiger partial charge in [0.25, 0.3) is 0 Å². The molecule has 1 heterocycles. The average Bonchev–Trinajstić information content (AvgIpc) is 3.09. The van der Waals surface area contributed by atoms with Crippen molar-refractivity contribution in [2.24, 2.45) is 0 Å². The van der Waals surface area contributed by atoms with Gasteiger partial charge < -0.3 is 9.31 Å². The van der Waals surface area contributed by atoms with E-state index in [0.717, 1.165) is 12.8 Å². The van der Waals surface area contributed by atoms with Crippen LogP contribution in [0, 0.1) is 20.8 Å². The van der Waals surface area contributed by atoms with Crippen LogP contribution in [0.25, 0.3) is 22.3 Å². The maximum Gasteiger partial charge on any atom is 0.495 e. The Hall–Kier alpha value is -2.36. The Balaban J connectivity index is 1.89. The summed E-state index contributed by atoms with van der Waals surface area (Å²) in [6.07, 6.45) is 7.17. The Morgan fingerprint density at radius 3 is 1.29 bits per heavy atom. The molecule has 3 aromatic carbocycles. The quantitative estimate of drug-likeness (QED) is 0.268. The number of aryl methyl sites for hydroxylation is 2. The van der Waals surface area contributed by atoms with Crippen molar-refractivity contribution in [1.29, 1.82) is 0 Å². The Kier molecular flexibility index (Phi) is 8.60. The van der Waals surface area contributed by atoms with E-state index in [0.29, 0.717) is 0 Å². The Labute approximate surface area is 232 Å². The van der Waals surface area contributed by atoms with Gasteiger partial charge >= 0.3 is 7.12 Å². The summed E-state index contributed by atoms with van der Waals surface area (Å²) < 4.78 is 13.3. The van der Waals surface area contributed by atoms with Crippen LogP contribution in [0.1, 0.15) is 95.0 Å². The molecule has 3 aromatic rings. The summed E-state index contributed by atoms with van der Waals surface area (Å²) in [6, 6.07) is 18.5. The van der Waals surface area contributed by atoms with Crippen molar-refractivity contribution in [3.05, 3.63) is 76.3 Å². The minimum Gasteiger partial charge on any atom is -0.399 e. The topological polar surface area (TPSA) is 18.5 Å². The summed E-state index contributed by atoms with van der Waals surface area (Å²) in [6.45, 7) is 19.8. The molecule has 0 aliphatic carbocycles. The van der Waals surface area contributed by atoms with E-state index in [9.17, 15) is 0 Å². The molecule has 0 bridgehead atoms. The van der Waals surface area contributed by atoms with Crippen molar-refractivity contribution in [3.8, 4) is 22.3 Å². The molecule has 0 saturated carbocycles. The van der Waals surface area contributed by atoms with Crippen molar-refractivity contribution in [2.75, 3.05) is 0 Å². The van der Waals surface area contributed by atoms with E-state index >= 15 is 0 Å². The highest BCUT2D eigenvalue weighted by Gasteiger charge is 2.52. The highest BCUT2D eigenvalue weighted by molar-refractivity contribution is 6.63. The normalized spacial score (nSPS) is 16.3. The summed E-state index contributed by atoms with van der Waals surface area (Å²) in [7, 11) is -0.397. The third-order valence-corrected chi connectivity index (χ3v) is 8.92. The zero-order valence-corrected chi connectivity index (χ0v) is 25.3. The predicted octanol–water partition coefficient (Wildman–Crippen LogP) is 8.93.